The van der Waals surface area contributed by atoms with Gasteiger partial charge in [-0.3, -0.25) is 9.59 Å². The van der Waals surface area contributed by atoms with Gasteiger partial charge < -0.3 is 26.6 Å². The van der Waals surface area contributed by atoms with Gasteiger partial charge in [0.25, 0.3) is 5.91 Å². The molecule has 2 heterocycles. The van der Waals surface area contributed by atoms with Gasteiger partial charge in [-0.2, -0.15) is 9.97 Å². The van der Waals surface area contributed by atoms with Crippen LogP contribution in [0.15, 0.2) is 30.5 Å². The summed E-state index contributed by atoms with van der Waals surface area (Å²) in [6, 6.07) is 5.23. The van der Waals surface area contributed by atoms with E-state index in [0.29, 0.717) is 11.4 Å². The average molecular weight is 482 g/mol. The molecule has 2 aromatic heterocycles. The van der Waals surface area contributed by atoms with Crippen LogP contribution >= 0.6 is 0 Å². The second-order valence-electron chi connectivity index (χ2n) is 8.95. The number of hydrogen-bond acceptors (Lipinski definition) is 10. The molecule has 0 aliphatic heterocycles. The zero-order valence-corrected chi connectivity index (χ0v) is 19.6. The van der Waals surface area contributed by atoms with E-state index >= 15 is 0 Å². The van der Waals surface area contributed by atoms with Gasteiger partial charge in [0.1, 0.15) is 11.8 Å². The summed E-state index contributed by atoms with van der Waals surface area (Å²) in [7, 11) is 0. The quantitative estimate of drug-likeness (QED) is 0.299. The average Bonchev–Trinajstić information content (AvgIpc) is 2.79. The Labute approximate surface area is 201 Å². The number of ketones is 1. The number of Topliss-reactive ketones (excluding diaryl/α,β-unsaturated/α-hetero) is 1. The maximum atomic E-state index is 12.5. The number of carbonyl (C=O) groups excluding carboxylic acids is 2. The van der Waals surface area contributed by atoms with Crippen molar-refractivity contribution < 1.29 is 24.6 Å². The van der Waals surface area contributed by atoms with Gasteiger partial charge in [0.05, 0.1) is 18.4 Å². The van der Waals surface area contributed by atoms with Crippen LogP contribution in [0.25, 0.3) is 11.2 Å². The Morgan fingerprint density at radius 1 is 1.09 bits per heavy atom. The third kappa shape index (κ3) is 6.59. The minimum atomic E-state index is -1.20. The van der Waals surface area contributed by atoms with Crippen LogP contribution in [0, 0.1) is 5.41 Å². The van der Waals surface area contributed by atoms with E-state index in [1.165, 1.54) is 6.20 Å². The molecule has 0 fully saturated rings. The molecule has 1 amide bonds. The van der Waals surface area contributed by atoms with Crippen molar-refractivity contribution in [2.75, 3.05) is 11.1 Å². The monoisotopic (exact) mass is 481 g/mol. The maximum Gasteiger partial charge on any atom is 0.326 e. The largest absolute Gasteiger partial charge is 0.492 e. The van der Waals surface area contributed by atoms with Crippen LogP contribution in [-0.2, 0) is 16.1 Å². The van der Waals surface area contributed by atoms with Gasteiger partial charge in [0.2, 0.25) is 11.8 Å². The Balaban J connectivity index is 1.59. The van der Waals surface area contributed by atoms with Crippen molar-refractivity contribution in [3.05, 3.63) is 41.7 Å². The summed E-state index contributed by atoms with van der Waals surface area (Å²) in [6.45, 7) is 5.56. The molecule has 3 aromatic rings. The molecule has 0 radical (unpaired) electrons. The molecule has 0 saturated carbocycles. The minimum Gasteiger partial charge on any atom is -0.492 e. The predicted octanol–water partition coefficient (Wildman–Crippen LogP) is 1.90. The van der Waals surface area contributed by atoms with Crippen LogP contribution in [0.5, 0.6) is 5.88 Å². The fourth-order valence-corrected chi connectivity index (χ4v) is 3.11. The molecule has 0 bridgehead atoms. The first-order chi connectivity index (χ1) is 16.4. The first-order valence-corrected chi connectivity index (χ1v) is 10.8. The van der Waals surface area contributed by atoms with Crippen LogP contribution in [-0.4, -0.2) is 53.9 Å². The number of fused-ring (bicyclic) bond motifs is 1. The van der Waals surface area contributed by atoms with Gasteiger partial charge in [-0.15, -0.1) is 0 Å². The lowest BCUT2D eigenvalue weighted by atomic mass is 9.87. The summed E-state index contributed by atoms with van der Waals surface area (Å²) in [6.07, 6.45) is 1.55. The Morgan fingerprint density at radius 2 is 1.77 bits per heavy atom. The normalized spacial score (nSPS) is 12.2. The summed E-state index contributed by atoms with van der Waals surface area (Å²) in [5.74, 6) is -2.29. The van der Waals surface area contributed by atoms with Crippen LogP contribution in [0.3, 0.4) is 0 Å². The van der Waals surface area contributed by atoms with Crippen LogP contribution in [0.1, 0.15) is 49.7 Å². The SMILES string of the molecule is CC(C)(C)C(=O)CC[C@@H](NC(=O)c1ccc(NCc2cnc3nc(N)nc(O)c3n2)cc1)C(=O)O. The summed E-state index contributed by atoms with van der Waals surface area (Å²) in [5, 5.41) is 24.9. The number of amides is 1. The molecule has 0 saturated heterocycles. The third-order valence-corrected chi connectivity index (χ3v) is 5.18. The highest BCUT2D eigenvalue weighted by molar-refractivity contribution is 5.97. The van der Waals surface area contributed by atoms with Crippen molar-refractivity contribution in [1.82, 2.24) is 25.3 Å². The van der Waals surface area contributed by atoms with Gasteiger partial charge in [-0.05, 0) is 30.7 Å². The van der Waals surface area contributed by atoms with E-state index in [9.17, 15) is 24.6 Å². The number of carboxylic acid groups (broad SMARTS) is 1. The zero-order valence-electron chi connectivity index (χ0n) is 19.6. The van der Waals surface area contributed by atoms with Crippen LogP contribution < -0.4 is 16.4 Å². The van der Waals surface area contributed by atoms with Gasteiger partial charge in [-0.25, -0.2) is 14.8 Å². The highest BCUT2D eigenvalue weighted by atomic mass is 16.4. The molecular formula is C23H27N7O5. The lowest BCUT2D eigenvalue weighted by Gasteiger charge is -2.19. The Hall–Kier alpha value is -4.35. The van der Waals surface area contributed by atoms with Crippen molar-refractivity contribution in [3.63, 3.8) is 0 Å². The molecule has 1 atom stereocenters. The molecule has 184 valence electrons. The molecule has 12 nitrogen and oxygen atoms in total. The van der Waals surface area contributed by atoms with Gasteiger partial charge in [0.15, 0.2) is 11.2 Å². The smallest absolute Gasteiger partial charge is 0.326 e. The molecule has 0 aliphatic rings. The number of rotatable bonds is 9. The van der Waals surface area contributed by atoms with Crippen LogP contribution in [0.4, 0.5) is 11.6 Å². The van der Waals surface area contributed by atoms with E-state index in [2.05, 4.69) is 30.6 Å². The number of hydrogen-bond donors (Lipinski definition) is 5. The van der Waals surface area contributed by atoms with Crippen molar-refractivity contribution in [1.29, 1.82) is 0 Å². The van der Waals surface area contributed by atoms with Gasteiger partial charge >= 0.3 is 5.97 Å². The zero-order chi connectivity index (χ0) is 25.8. The van der Waals surface area contributed by atoms with E-state index in [0.717, 1.165) is 0 Å². The van der Waals surface area contributed by atoms with E-state index in [-0.39, 0.29) is 53.7 Å². The van der Waals surface area contributed by atoms with E-state index in [1.54, 1.807) is 45.0 Å². The number of carbonyl (C=O) groups is 3. The van der Waals surface area contributed by atoms with E-state index in [1.807, 2.05) is 0 Å². The number of aromatic hydroxyl groups is 1. The number of nitrogens with zero attached hydrogens (tertiary/aromatic N) is 4. The maximum absolute atomic E-state index is 12.5. The van der Waals surface area contributed by atoms with Gasteiger partial charge in [-0.1, -0.05) is 20.8 Å². The fourth-order valence-electron chi connectivity index (χ4n) is 3.11. The number of nitrogen functional groups attached to an aromatic ring is 1. The van der Waals surface area contributed by atoms with Gasteiger partial charge in [0, 0.05) is 23.1 Å². The first-order valence-electron chi connectivity index (χ1n) is 10.8. The van der Waals surface area contributed by atoms with Crippen molar-refractivity contribution in [3.8, 4) is 5.88 Å². The van der Waals surface area contributed by atoms with Crippen molar-refractivity contribution in [2.45, 2.75) is 46.2 Å². The number of anilines is 2. The van der Waals surface area contributed by atoms with E-state index in [4.69, 9.17) is 5.73 Å². The minimum absolute atomic E-state index is 0.0107. The summed E-state index contributed by atoms with van der Waals surface area (Å²) in [5.41, 5.74) is 6.67. The van der Waals surface area contributed by atoms with Crippen molar-refractivity contribution in [2.24, 2.45) is 5.41 Å². The number of aromatic nitrogens is 4. The highest BCUT2D eigenvalue weighted by Gasteiger charge is 2.26. The van der Waals surface area contributed by atoms with Crippen LogP contribution in [0.2, 0.25) is 0 Å². The second-order valence-corrected chi connectivity index (χ2v) is 8.95. The molecule has 12 heteroatoms. The highest BCUT2D eigenvalue weighted by Crippen LogP contribution is 2.20. The summed E-state index contributed by atoms with van der Waals surface area (Å²) >= 11 is 0. The molecule has 0 unspecified atom stereocenters. The predicted molar refractivity (Wildman–Crippen MR) is 128 cm³/mol. The van der Waals surface area contributed by atoms with E-state index < -0.39 is 23.3 Å². The standard InChI is InChI=1S/C23H27N7O5/c1-23(2,3)16(31)9-8-15(21(34)35)28-19(32)12-4-6-13(7-5-12)25-10-14-11-26-18-17(27-14)20(33)30-22(24)29-18/h4-7,11,15,25H,8-10H2,1-3H3,(H,28,32)(H,34,35)(H3,24,26,29,30,33)/t15-/m1/s1. The topological polar surface area (TPSA) is 193 Å². The molecule has 35 heavy (non-hydrogen) atoms. The first kappa shape index (κ1) is 25.3. The lowest BCUT2D eigenvalue weighted by Crippen LogP contribution is -2.41. The Bertz CT molecular complexity index is 1260. The number of aliphatic carboxylic acids is 1. The number of benzene rings is 1. The lowest BCUT2D eigenvalue weighted by molar-refractivity contribution is -0.139. The molecule has 3 rings (SSSR count). The Kier molecular flexibility index (Phi) is 7.43. The fraction of sp³-hybridized carbons (Fsp3) is 0.348. The Morgan fingerprint density at radius 3 is 2.40 bits per heavy atom. The molecular weight excluding hydrogens is 454 g/mol. The number of nitrogens with one attached hydrogen (secondary N) is 2. The molecule has 6 N–H and O–H groups in total. The summed E-state index contributed by atoms with van der Waals surface area (Å²) < 4.78 is 0. The third-order valence-electron chi connectivity index (χ3n) is 5.18. The van der Waals surface area contributed by atoms with Crippen molar-refractivity contribution >= 4 is 40.5 Å². The molecule has 0 spiro atoms. The molecule has 1 aromatic carbocycles. The summed E-state index contributed by atoms with van der Waals surface area (Å²) in [4.78, 5) is 52.1. The number of carboxylic acids is 1. The number of nitrogens with two attached hydrogens (primary N) is 1. The molecule has 0 aliphatic carbocycles. The second kappa shape index (κ2) is 10.3.